The fraction of sp³-hybridized carbons (Fsp3) is 0.0909. The number of rotatable bonds is 1. The Hall–Kier alpha value is -1.12. The van der Waals surface area contributed by atoms with Crippen LogP contribution in [-0.2, 0) is 0 Å². The van der Waals surface area contributed by atoms with E-state index >= 15 is 0 Å². The lowest BCUT2D eigenvalue weighted by Crippen LogP contribution is -1.88. The zero-order chi connectivity index (χ0) is 10.8. The maximum absolute atomic E-state index is 6.03. The van der Waals surface area contributed by atoms with E-state index in [0.717, 1.165) is 16.6 Å². The standard InChI is InChI=1S/C11H8Cl2N2/c1-14-6-8-2-3-9-10(13)4-7(12)5-11(9)15-8/h2-6H,1H3/b14-6+. The summed E-state index contributed by atoms with van der Waals surface area (Å²) in [6.07, 6.45) is 1.69. The minimum atomic E-state index is 0.589. The number of pyridine rings is 1. The molecule has 0 spiro atoms. The number of aromatic nitrogens is 1. The summed E-state index contributed by atoms with van der Waals surface area (Å²) in [4.78, 5) is 8.27. The summed E-state index contributed by atoms with van der Waals surface area (Å²) in [5, 5.41) is 2.10. The van der Waals surface area contributed by atoms with E-state index in [4.69, 9.17) is 23.2 Å². The second-order valence-electron chi connectivity index (χ2n) is 3.08. The third-order valence-electron chi connectivity index (χ3n) is 2.00. The van der Waals surface area contributed by atoms with Gasteiger partial charge >= 0.3 is 0 Å². The summed E-state index contributed by atoms with van der Waals surface area (Å²) < 4.78 is 0. The van der Waals surface area contributed by atoms with E-state index in [1.54, 1.807) is 25.4 Å². The normalized spacial score (nSPS) is 11.4. The molecule has 1 aromatic carbocycles. The van der Waals surface area contributed by atoms with Crippen molar-refractivity contribution in [3.05, 3.63) is 40.0 Å². The number of halogens is 2. The second-order valence-corrected chi connectivity index (χ2v) is 3.92. The summed E-state index contributed by atoms with van der Waals surface area (Å²) in [6, 6.07) is 7.28. The van der Waals surface area contributed by atoms with Crippen molar-refractivity contribution in [2.24, 2.45) is 4.99 Å². The molecule has 76 valence electrons. The van der Waals surface area contributed by atoms with Crippen LogP contribution in [0.4, 0.5) is 0 Å². The van der Waals surface area contributed by atoms with E-state index < -0.39 is 0 Å². The summed E-state index contributed by atoms with van der Waals surface area (Å²) in [5.41, 5.74) is 1.58. The Balaban J connectivity index is 2.70. The predicted molar refractivity (Wildman–Crippen MR) is 65.3 cm³/mol. The molecule has 0 aliphatic heterocycles. The van der Waals surface area contributed by atoms with Gasteiger partial charge in [0.05, 0.1) is 16.2 Å². The minimum absolute atomic E-state index is 0.589. The lowest BCUT2D eigenvalue weighted by Gasteiger charge is -2.01. The highest BCUT2D eigenvalue weighted by Crippen LogP contribution is 2.26. The average molecular weight is 239 g/mol. The van der Waals surface area contributed by atoms with Gasteiger partial charge in [-0.25, -0.2) is 4.98 Å². The molecule has 0 aliphatic rings. The molecule has 0 N–H and O–H groups in total. The number of benzene rings is 1. The Morgan fingerprint density at radius 2 is 2.07 bits per heavy atom. The number of aliphatic imine (C=N–C) groups is 1. The van der Waals surface area contributed by atoms with E-state index in [-0.39, 0.29) is 0 Å². The maximum atomic E-state index is 6.03. The van der Waals surface area contributed by atoms with Crippen molar-refractivity contribution in [3.63, 3.8) is 0 Å². The quantitative estimate of drug-likeness (QED) is 0.698. The Kier molecular flexibility index (Phi) is 2.89. The van der Waals surface area contributed by atoms with Crippen molar-refractivity contribution in [1.29, 1.82) is 0 Å². The second kappa shape index (κ2) is 4.17. The molecule has 2 nitrogen and oxygen atoms in total. The zero-order valence-electron chi connectivity index (χ0n) is 8.04. The molecule has 1 heterocycles. The molecule has 0 amide bonds. The SMILES string of the molecule is C/N=C/c1ccc2c(Cl)cc(Cl)cc2n1. The van der Waals surface area contributed by atoms with Crippen LogP contribution in [0.25, 0.3) is 10.9 Å². The lowest BCUT2D eigenvalue weighted by atomic mass is 10.2. The van der Waals surface area contributed by atoms with Gasteiger partial charge in [0, 0.05) is 23.7 Å². The highest BCUT2D eigenvalue weighted by molar-refractivity contribution is 6.38. The van der Waals surface area contributed by atoms with E-state index in [1.165, 1.54) is 0 Å². The summed E-state index contributed by atoms with van der Waals surface area (Å²) in [5.74, 6) is 0. The third kappa shape index (κ3) is 2.11. The Morgan fingerprint density at radius 3 is 2.80 bits per heavy atom. The largest absolute Gasteiger partial charge is 0.294 e. The van der Waals surface area contributed by atoms with Crippen LogP contribution in [-0.4, -0.2) is 18.2 Å². The Morgan fingerprint density at radius 1 is 1.27 bits per heavy atom. The lowest BCUT2D eigenvalue weighted by molar-refractivity contribution is 1.36. The van der Waals surface area contributed by atoms with Gasteiger partial charge in [0.15, 0.2) is 0 Å². The fourth-order valence-corrected chi connectivity index (χ4v) is 1.92. The molecule has 0 bridgehead atoms. The van der Waals surface area contributed by atoms with Gasteiger partial charge in [0.1, 0.15) is 0 Å². The van der Waals surface area contributed by atoms with Gasteiger partial charge in [0.25, 0.3) is 0 Å². The molecule has 2 rings (SSSR count). The first kappa shape index (κ1) is 10.4. The van der Waals surface area contributed by atoms with Crippen molar-refractivity contribution in [2.45, 2.75) is 0 Å². The maximum Gasteiger partial charge on any atom is 0.0815 e. The molecule has 0 saturated carbocycles. The smallest absolute Gasteiger partial charge is 0.0815 e. The summed E-state index contributed by atoms with van der Waals surface area (Å²) >= 11 is 11.9. The van der Waals surface area contributed by atoms with Crippen LogP contribution in [0.5, 0.6) is 0 Å². The van der Waals surface area contributed by atoms with Crippen LogP contribution in [0.15, 0.2) is 29.3 Å². The molecular formula is C11H8Cl2N2. The zero-order valence-corrected chi connectivity index (χ0v) is 9.55. The molecule has 0 atom stereocenters. The van der Waals surface area contributed by atoms with E-state index in [1.807, 2.05) is 12.1 Å². The van der Waals surface area contributed by atoms with Gasteiger partial charge in [-0.15, -0.1) is 0 Å². The van der Waals surface area contributed by atoms with Gasteiger partial charge < -0.3 is 0 Å². The van der Waals surface area contributed by atoms with Crippen LogP contribution < -0.4 is 0 Å². The molecule has 0 aliphatic carbocycles. The highest BCUT2D eigenvalue weighted by Gasteiger charge is 2.02. The van der Waals surface area contributed by atoms with Crippen molar-refractivity contribution in [2.75, 3.05) is 7.05 Å². The molecule has 0 fully saturated rings. The first-order chi connectivity index (χ1) is 7.20. The van der Waals surface area contributed by atoms with Crippen LogP contribution in [0.3, 0.4) is 0 Å². The van der Waals surface area contributed by atoms with Crippen LogP contribution >= 0.6 is 23.2 Å². The molecule has 2 aromatic rings. The highest BCUT2D eigenvalue weighted by atomic mass is 35.5. The Labute approximate surface area is 97.6 Å². The molecule has 4 heteroatoms. The molecule has 1 aromatic heterocycles. The minimum Gasteiger partial charge on any atom is -0.294 e. The molecule has 0 saturated heterocycles. The van der Waals surface area contributed by atoms with Gasteiger partial charge in [-0.1, -0.05) is 23.2 Å². The molecule has 0 radical (unpaired) electrons. The van der Waals surface area contributed by atoms with Gasteiger partial charge in [-0.3, -0.25) is 4.99 Å². The van der Waals surface area contributed by atoms with Crippen molar-refractivity contribution in [3.8, 4) is 0 Å². The van der Waals surface area contributed by atoms with Gasteiger partial charge in [0.2, 0.25) is 0 Å². The Bertz CT molecular complexity index is 535. The van der Waals surface area contributed by atoms with Crippen LogP contribution in [0.1, 0.15) is 5.69 Å². The average Bonchev–Trinajstić information content (AvgIpc) is 2.17. The van der Waals surface area contributed by atoms with Crippen LogP contribution in [0.2, 0.25) is 10.0 Å². The number of nitrogens with zero attached hydrogens (tertiary/aromatic N) is 2. The summed E-state index contributed by atoms with van der Waals surface area (Å²) in [6.45, 7) is 0. The van der Waals surface area contributed by atoms with Crippen molar-refractivity contribution < 1.29 is 0 Å². The topological polar surface area (TPSA) is 25.2 Å². The first-order valence-corrected chi connectivity index (χ1v) is 5.14. The fourth-order valence-electron chi connectivity index (χ4n) is 1.38. The molecular weight excluding hydrogens is 231 g/mol. The van der Waals surface area contributed by atoms with E-state index in [2.05, 4.69) is 9.98 Å². The van der Waals surface area contributed by atoms with Crippen molar-refractivity contribution in [1.82, 2.24) is 4.98 Å². The van der Waals surface area contributed by atoms with Gasteiger partial charge in [-0.2, -0.15) is 0 Å². The number of hydrogen-bond acceptors (Lipinski definition) is 2. The van der Waals surface area contributed by atoms with Crippen LogP contribution in [0, 0.1) is 0 Å². The summed E-state index contributed by atoms with van der Waals surface area (Å²) in [7, 11) is 1.71. The predicted octanol–water partition coefficient (Wildman–Crippen LogP) is 3.59. The molecule has 0 unspecified atom stereocenters. The van der Waals surface area contributed by atoms with Gasteiger partial charge in [-0.05, 0) is 24.3 Å². The number of hydrogen-bond donors (Lipinski definition) is 0. The van der Waals surface area contributed by atoms with E-state index in [0.29, 0.717) is 10.0 Å². The van der Waals surface area contributed by atoms with Crippen molar-refractivity contribution >= 4 is 40.3 Å². The monoisotopic (exact) mass is 238 g/mol. The third-order valence-corrected chi connectivity index (χ3v) is 2.54. The first-order valence-electron chi connectivity index (χ1n) is 4.38. The number of fused-ring (bicyclic) bond motifs is 1. The molecule has 15 heavy (non-hydrogen) atoms. The van der Waals surface area contributed by atoms with E-state index in [9.17, 15) is 0 Å².